The van der Waals surface area contributed by atoms with Gasteiger partial charge in [-0.25, -0.2) is 0 Å². The Hall–Kier alpha value is -7.63. The molecule has 0 amide bonds. The number of hydrogen-bond acceptors (Lipinski definition) is 4. The van der Waals surface area contributed by atoms with Crippen molar-refractivity contribution in [3.05, 3.63) is 225 Å². The lowest BCUT2D eigenvalue weighted by atomic mass is 9.96. The van der Waals surface area contributed by atoms with Gasteiger partial charge in [0.2, 0.25) is 0 Å². The van der Waals surface area contributed by atoms with Gasteiger partial charge in [0, 0.05) is 64.3 Å². The van der Waals surface area contributed by atoms with Crippen LogP contribution >= 0.6 is 0 Å². The molecule has 0 N–H and O–H groups in total. The Morgan fingerprint density at radius 2 is 1.16 bits per heavy atom. The topological polar surface area (TPSA) is 46.3 Å². The summed E-state index contributed by atoms with van der Waals surface area (Å²) in [5.74, 6) is 0. The minimum absolute atomic E-state index is 0.617. The SMILES string of the molecule is C=C1/C=C\C(c2ccc3c4ccccc4n(-c4cccc(-c5cc(-c6ccccn6)cc(-c6ccccn6)c5)c4)c3c2)=C/N(c2ccccc2)/C=C\C=NC1=C. The number of aromatic nitrogens is 3. The summed E-state index contributed by atoms with van der Waals surface area (Å²) < 4.78 is 2.37. The van der Waals surface area contributed by atoms with Crippen LogP contribution in [-0.4, -0.2) is 20.7 Å². The number of hydrogen-bond donors (Lipinski definition) is 0. The Balaban J connectivity index is 1.21. The largest absolute Gasteiger partial charge is 0.323 e. The van der Waals surface area contributed by atoms with Crippen LogP contribution in [0.5, 0.6) is 0 Å². The summed E-state index contributed by atoms with van der Waals surface area (Å²) in [4.78, 5) is 16.0. The van der Waals surface area contributed by atoms with Crippen molar-refractivity contribution < 1.29 is 0 Å². The molecular weight excluding hydrogens is 683 g/mol. The zero-order valence-electron chi connectivity index (χ0n) is 30.7. The number of benzene rings is 5. The van der Waals surface area contributed by atoms with Crippen LogP contribution in [0, 0.1) is 0 Å². The number of anilines is 1. The molecule has 3 aromatic heterocycles. The minimum Gasteiger partial charge on any atom is -0.323 e. The fourth-order valence-corrected chi connectivity index (χ4v) is 7.21. The molecule has 0 fully saturated rings. The summed E-state index contributed by atoms with van der Waals surface area (Å²) in [6.07, 6.45) is 15.6. The summed E-state index contributed by atoms with van der Waals surface area (Å²) in [6, 6.07) is 53.1. The van der Waals surface area contributed by atoms with E-state index in [4.69, 9.17) is 9.97 Å². The van der Waals surface area contributed by atoms with Crippen LogP contribution in [0.1, 0.15) is 5.56 Å². The average molecular weight is 720 g/mol. The minimum atomic E-state index is 0.617. The maximum Gasteiger partial charge on any atom is 0.0702 e. The zero-order chi connectivity index (χ0) is 37.8. The van der Waals surface area contributed by atoms with Crippen molar-refractivity contribution >= 4 is 39.3 Å². The van der Waals surface area contributed by atoms with Crippen LogP contribution in [0.4, 0.5) is 5.69 Å². The number of fused-ring (bicyclic) bond motifs is 3. The van der Waals surface area contributed by atoms with Gasteiger partial charge in [-0.3, -0.25) is 15.0 Å². The maximum absolute atomic E-state index is 4.69. The first-order chi connectivity index (χ1) is 27.6. The van der Waals surface area contributed by atoms with Gasteiger partial charge in [0.1, 0.15) is 0 Å². The summed E-state index contributed by atoms with van der Waals surface area (Å²) >= 11 is 0. The Labute approximate surface area is 326 Å². The van der Waals surface area contributed by atoms with E-state index in [-0.39, 0.29) is 0 Å². The van der Waals surface area contributed by atoms with E-state index >= 15 is 0 Å². The third-order valence-corrected chi connectivity index (χ3v) is 10.0. The first kappa shape index (κ1) is 34.2. The molecule has 0 bridgehead atoms. The molecule has 56 heavy (non-hydrogen) atoms. The normalized spacial score (nSPS) is 15.4. The van der Waals surface area contributed by atoms with Gasteiger partial charge in [-0.2, -0.15) is 0 Å². The van der Waals surface area contributed by atoms with Crippen LogP contribution in [0.25, 0.3) is 66.7 Å². The maximum atomic E-state index is 4.69. The van der Waals surface area contributed by atoms with Gasteiger partial charge in [-0.05, 0) is 113 Å². The molecule has 0 saturated carbocycles. The smallest absolute Gasteiger partial charge is 0.0702 e. The molecule has 9 rings (SSSR count). The van der Waals surface area contributed by atoms with E-state index < -0.39 is 0 Å². The van der Waals surface area contributed by atoms with E-state index in [2.05, 4.69) is 137 Å². The summed E-state index contributed by atoms with van der Waals surface area (Å²) in [7, 11) is 0. The van der Waals surface area contributed by atoms with E-state index in [0.29, 0.717) is 5.70 Å². The molecular formula is C51H37N5. The lowest BCUT2D eigenvalue weighted by Gasteiger charge is -2.18. The summed E-state index contributed by atoms with van der Waals surface area (Å²) in [6.45, 7) is 8.37. The van der Waals surface area contributed by atoms with Gasteiger partial charge in [0.25, 0.3) is 0 Å². The number of nitrogens with zero attached hydrogens (tertiary/aromatic N) is 5. The second kappa shape index (κ2) is 15.0. The quantitative estimate of drug-likeness (QED) is 0.172. The second-order valence-corrected chi connectivity index (χ2v) is 13.6. The number of allylic oxidation sites excluding steroid dienone is 4. The molecule has 0 atom stereocenters. The molecule has 0 unspecified atom stereocenters. The van der Waals surface area contributed by atoms with E-state index in [9.17, 15) is 0 Å². The van der Waals surface area contributed by atoms with Crippen molar-refractivity contribution in [2.75, 3.05) is 4.90 Å². The van der Waals surface area contributed by atoms with Crippen molar-refractivity contribution in [2.24, 2.45) is 4.99 Å². The molecule has 5 nitrogen and oxygen atoms in total. The lowest BCUT2D eigenvalue weighted by Crippen LogP contribution is -2.08. The third-order valence-electron chi connectivity index (χ3n) is 10.0. The predicted molar refractivity (Wildman–Crippen MR) is 235 cm³/mol. The highest BCUT2D eigenvalue weighted by Gasteiger charge is 2.16. The molecule has 4 heterocycles. The standard InChI is InChI=1S/C51H37N5/c1-36-22-23-40(35-55(29-13-28-52-37(36)2)44-15-4-3-5-16-44)39-24-25-47-46-18-6-7-21-50(46)56(51(47)34-39)45-17-12-14-38(33-45)41-30-42(48-19-8-10-26-53-48)32-43(31-41)49-20-9-11-27-54-49/h3-35H,1-2H2/b23-22-,29-13-,40-35+,52-28?. The molecule has 0 spiro atoms. The number of para-hydroxylation sites is 2. The van der Waals surface area contributed by atoms with Gasteiger partial charge in [-0.1, -0.05) is 98.1 Å². The van der Waals surface area contributed by atoms with E-state index in [0.717, 1.165) is 72.8 Å². The lowest BCUT2D eigenvalue weighted by molar-refractivity contribution is 1.18. The molecule has 5 heteroatoms. The summed E-state index contributed by atoms with van der Waals surface area (Å²) in [5.41, 5.74) is 13.9. The molecule has 266 valence electrons. The first-order valence-corrected chi connectivity index (χ1v) is 18.5. The summed E-state index contributed by atoms with van der Waals surface area (Å²) in [5, 5.41) is 2.37. The van der Waals surface area contributed by atoms with Gasteiger partial charge in [0.05, 0.1) is 28.1 Å². The molecule has 0 aliphatic carbocycles. The molecule has 0 saturated heterocycles. The fraction of sp³-hybridized carbons (Fsp3) is 0. The Morgan fingerprint density at radius 3 is 1.91 bits per heavy atom. The van der Waals surface area contributed by atoms with Gasteiger partial charge in [0.15, 0.2) is 0 Å². The fourth-order valence-electron chi connectivity index (χ4n) is 7.21. The van der Waals surface area contributed by atoms with Gasteiger partial charge < -0.3 is 9.47 Å². The predicted octanol–water partition coefficient (Wildman–Crippen LogP) is 12.6. The molecule has 0 radical (unpaired) electrons. The van der Waals surface area contributed by atoms with Crippen molar-refractivity contribution in [1.29, 1.82) is 0 Å². The molecule has 1 aliphatic heterocycles. The number of rotatable bonds is 6. The van der Waals surface area contributed by atoms with Crippen LogP contribution in [0.3, 0.4) is 0 Å². The molecule has 8 aromatic rings. The molecule has 1 aliphatic rings. The highest BCUT2D eigenvalue weighted by atomic mass is 15.1. The Kier molecular flexibility index (Phi) is 9.16. The highest BCUT2D eigenvalue weighted by molar-refractivity contribution is 6.10. The average Bonchev–Trinajstić information content (AvgIpc) is 3.58. The van der Waals surface area contributed by atoms with E-state index in [1.165, 1.54) is 10.8 Å². The van der Waals surface area contributed by atoms with Gasteiger partial charge >= 0.3 is 0 Å². The van der Waals surface area contributed by atoms with E-state index in [1.807, 2.05) is 85.3 Å². The molecule has 5 aromatic carbocycles. The van der Waals surface area contributed by atoms with Gasteiger partial charge in [-0.15, -0.1) is 0 Å². The number of pyridine rings is 2. The van der Waals surface area contributed by atoms with Crippen molar-refractivity contribution in [1.82, 2.24) is 14.5 Å². The van der Waals surface area contributed by atoms with E-state index in [1.54, 1.807) is 6.21 Å². The van der Waals surface area contributed by atoms with Crippen LogP contribution < -0.4 is 4.90 Å². The van der Waals surface area contributed by atoms with Crippen molar-refractivity contribution in [3.63, 3.8) is 0 Å². The monoisotopic (exact) mass is 719 g/mol. The van der Waals surface area contributed by atoms with Crippen LogP contribution in [0.15, 0.2) is 224 Å². The highest BCUT2D eigenvalue weighted by Crippen LogP contribution is 2.37. The Morgan fingerprint density at radius 1 is 0.482 bits per heavy atom. The first-order valence-electron chi connectivity index (χ1n) is 18.5. The van der Waals surface area contributed by atoms with Crippen molar-refractivity contribution in [3.8, 4) is 39.3 Å². The van der Waals surface area contributed by atoms with Crippen molar-refractivity contribution in [2.45, 2.75) is 0 Å². The number of aliphatic imine (C=N–C) groups is 1. The third kappa shape index (κ3) is 6.81. The second-order valence-electron chi connectivity index (χ2n) is 13.6. The van der Waals surface area contributed by atoms with Crippen LogP contribution in [-0.2, 0) is 0 Å². The Bertz CT molecular complexity index is 2820. The zero-order valence-corrected chi connectivity index (χ0v) is 30.7. The van der Waals surface area contributed by atoms with Crippen LogP contribution in [0.2, 0.25) is 0 Å².